The van der Waals surface area contributed by atoms with Crippen molar-refractivity contribution < 1.29 is 4.79 Å². The fourth-order valence-corrected chi connectivity index (χ4v) is 4.14. The first-order valence-corrected chi connectivity index (χ1v) is 9.34. The second-order valence-electron chi connectivity index (χ2n) is 7.16. The van der Waals surface area contributed by atoms with E-state index in [1.54, 1.807) is 0 Å². The van der Waals surface area contributed by atoms with Gasteiger partial charge in [-0.2, -0.15) is 0 Å². The van der Waals surface area contributed by atoms with Gasteiger partial charge in [0, 0.05) is 16.9 Å². The van der Waals surface area contributed by atoms with Gasteiger partial charge >= 0.3 is 0 Å². The molecule has 2 nitrogen and oxygen atoms in total. The molecule has 0 heterocycles. The van der Waals surface area contributed by atoms with Crippen LogP contribution in [0.1, 0.15) is 63.9 Å². The number of likely N-dealkylation sites (N-methyl/N-ethyl adjacent to an activating group) is 1. The molecular formula is C20H30ClNO. The Morgan fingerprint density at radius 3 is 2.30 bits per heavy atom. The van der Waals surface area contributed by atoms with E-state index in [4.69, 9.17) is 11.6 Å². The largest absolute Gasteiger partial charge is 0.299 e. The monoisotopic (exact) mass is 335 g/mol. The molecule has 1 unspecified atom stereocenters. The normalized spacial score (nSPS) is 17.8. The van der Waals surface area contributed by atoms with E-state index in [0.717, 1.165) is 30.7 Å². The summed E-state index contributed by atoms with van der Waals surface area (Å²) in [5, 5.41) is 0.760. The van der Waals surface area contributed by atoms with Crippen LogP contribution in [0.15, 0.2) is 24.3 Å². The molecule has 0 amide bonds. The first-order valence-electron chi connectivity index (χ1n) is 8.96. The molecule has 3 heteroatoms. The zero-order chi connectivity index (χ0) is 16.9. The summed E-state index contributed by atoms with van der Waals surface area (Å²) < 4.78 is 0. The summed E-state index contributed by atoms with van der Waals surface area (Å²) in [7, 11) is 4.09. The third-order valence-corrected chi connectivity index (χ3v) is 5.54. The number of ketones is 1. The highest BCUT2D eigenvalue weighted by Crippen LogP contribution is 2.48. The number of unbranched alkanes of at least 4 members (excludes halogenated alkanes) is 3. The summed E-state index contributed by atoms with van der Waals surface area (Å²) >= 11 is 6.05. The minimum atomic E-state index is -0.0179. The molecule has 0 bridgehead atoms. The summed E-state index contributed by atoms with van der Waals surface area (Å²) in [6, 6.07) is 8.12. The van der Waals surface area contributed by atoms with Crippen molar-refractivity contribution in [1.29, 1.82) is 0 Å². The van der Waals surface area contributed by atoms with Gasteiger partial charge in [-0.05, 0) is 51.1 Å². The average molecular weight is 336 g/mol. The molecule has 0 aromatic heterocycles. The molecule has 1 aliphatic rings. The van der Waals surface area contributed by atoms with E-state index in [0.29, 0.717) is 12.2 Å². The molecule has 0 radical (unpaired) electrons. The number of nitrogens with zero attached hydrogens (tertiary/aromatic N) is 1. The van der Waals surface area contributed by atoms with Gasteiger partial charge in [0.15, 0.2) is 5.78 Å². The van der Waals surface area contributed by atoms with E-state index < -0.39 is 0 Å². The van der Waals surface area contributed by atoms with Crippen LogP contribution in [0.5, 0.6) is 0 Å². The number of carbonyl (C=O) groups excluding carboxylic acids is 1. The van der Waals surface area contributed by atoms with Gasteiger partial charge in [-0.25, -0.2) is 0 Å². The molecule has 0 N–H and O–H groups in total. The molecule has 1 saturated carbocycles. The number of halogens is 1. The number of benzene rings is 1. The quantitative estimate of drug-likeness (QED) is 0.576. The third kappa shape index (κ3) is 4.16. The number of hydrogen-bond acceptors (Lipinski definition) is 2. The topological polar surface area (TPSA) is 20.3 Å². The Hall–Kier alpha value is -0.860. The number of hydrogen-bond donors (Lipinski definition) is 0. The second-order valence-corrected chi connectivity index (χ2v) is 7.60. The van der Waals surface area contributed by atoms with Crippen molar-refractivity contribution in [3.63, 3.8) is 0 Å². The third-order valence-electron chi connectivity index (χ3n) is 5.29. The molecule has 1 aromatic rings. The van der Waals surface area contributed by atoms with Crippen molar-refractivity contribution in [2.24, 2.45) is 0 Å². The van der Waals surface area contributed by atoms with E-state index in [1.165, 1.54) is 24.8 Å². The Morgan fingerprint density at radius 2 is 1.83 bits per heavy atom. The minimum absolute atomic E-state index is 0.0148. The maximum atomic E-state index is 13.0. The van der Waals surface area contributed by atoms with Crippen LogP contribution in [-0.2, 0) is 10.2 Å². The predicted octanol–water partition coefficient (Wildman–Crippen LogP) is 5.23. The molecule has 1 aromatic carbocycles. The van der Waals surface area contributed by atoms with Crippen molar-refractivity contribution in [2.45, 2.75) is 69.7 Å². The Bertz CT molecular complexity index is 505. The Labute approximate surface area is 146 Å². The van der Waals surface area contributed by atoms with Crippen molar-refractivity contribution in [1.82, 2.24) is 4.90 Å². The van der Waals surface area contributed by atoms with E-state index in [9.17, 15) is 4.79 Å². The summed E-state index contributed by atoms with van der Waals surface area (Å²) in [6.45, 7) is 2.20. The minimum Gasteiger partial charge on any atom is -0.299 e. The van der Waals surface area contributed by atoms with Crippen LogP contribution in [-0.4, -0.2) is 30.8 Å². The molecule has 0 saturated heterocycles. The predicted molar refractivity (Wildman–Crippen MR) is 98.2 cm³/mol. The number of Topliss-reactive ketones (excluding diaryl/α,β-unsaturated/α-hetero) is 1. The van der Waals surface area contributed by atoms with E-state index in [1.807, 2.05) is 26.2 Å². The molecular weight excluding hydrogens is 306 g/mol. The van der Waals surface area contributed by atoms with Gasteiger partial charge in [0.1, 0.15) is 0 Å². The Morgan fingerprint density at radius 1 is 1.17 bits per heavy atom. The van der Waals surface area contributed by atoms with E-state index in [2.05, 4.69) is 24.0 Å². The zero-order valence-electron chi connectivity index (χ0n) is 14.8. The fourth-order valence-electron chi connectivity index (χ4n) is 4.01. The molecule has 0 spiro atoms. The lowest BCUT2D eigenvalue weighted by molar-refractivity contribution is -0.127. The average Bonchev–Trinajstić information content (AvgIpc) is 2.47. The van der Waals surface area contributed by atoms with Gasteiger partial charge in [-0.1, -0.05) is 56.3 Å². The first kappa shape index (κ1) is 18.5. The highest BCUT2D eigenvalue weighted by Gasteiger charge is 2.49. The molecule has 1 aliphatic carbocycles. The van der Waals surface area contributed by atoms with Crippen LogP contribution in [0.3, 0.4) is 0 Å². The lowest BCUT2D eigenvalue weighted by Gasteiger charge is -2.50. The molecule has 23 heavy (non-hydrogen) atoms. The zero-order valence-corrected chi connectivity index (χ0v) is 15.5. The summed E-state index contributed by atoms with van der Waals surface area (Å²) in [5.74, 6) is 0.403. The van der Waals surface area contributed by atoms with Gasteiger partial charge < -0.3 is 0 Å². The summed E-state index contributed by atoms with van der Waals surface area (Å²) in [4.78, 5) is 15.1. The standard InChI is InChI=1S/C20H30ClNO/c1-4-5-6-7-9-18(23)19(22(2)3)20(14-8-15-20)16-10-12-17(21)13-11-16/h10-13,19H,4-9,14-15H2,1-3H3. The number of carbonyl (C=O) groups is 1. The lowest BCUT2D eigenvalue weighted by Crippen LogP contribution is -2.56. The van der Waals surface area contributed by atoms with Crippen molar-refractivity contribution in [3.05, 3.63) is 34.9 Å². The van der Waals surface area contributed by atoms with Crippen LogP contribution in [0.4, 0.5) is 0 Å². The van der Waals surface area contributed by atoms with Gasteiger partial charge in [0.2, 0.25) is 0 Å². The lowest BCUT2D eigenvalue weighted by atomic mass is 9.58. The summed E-state index contributed by atoms with van der Waals surface area (Å²) in [6.07, 6.45) is 8.72. The molecule has 0 aliphatic heterocycles. The van der Waals surface area contributed by atoms with Gasteiger partial charge in [-0.15, -0.1) is 0 Å². The molecule has 1 atom stereocenters. The second kappa shape index (κ2) is 8.30. The molecule has 128 valence electrons. The van der Waals surface area contributed by atoms with Crippen molar-refractivity contribution in [3.8, 4) is 0 Å². The Kier molecular flexibility index (Phi) is 6.67. The van der Waals surface area contributed by atoms with Crippen molar-refractivity contribution >= 4 is 17.4 Å². The SMILES string of the molecule is CCCCCCC(=O)C(N(C)C)C1(c2ccc(Cl)cc2)CCC1. The van der Waals surface area contributed by atoms with Crippen LogP contribution >= 0.6 is 11.6 Å². The highest BCUT2D eigenvalue weighted by molar-refractivity contribution is 6.30. The number of rotatable bonds is 9. The Balaban J connectivity index is 2.17. The van der Waals surface area contributed by atoms with Crippen LogP contribution in [0.2, 0.25) is 5.02 Å². The first-order chi connectivity index (χ1) is 11.0. The molecule has 2 rings (SSSR count). The van der Waals surface area contributed by atoms with E-state index >= 15 is 0 Å². The highest BCUT2D eigenvalue weighted by atomic mass is 35.5. The van der Waals surface area contributed by atoms with Gasteiger partial charge in [0.25, 0.3) is 0 Å². The smallest absolute Gasteiger partial charge is 0.150 e. The van der Waals surface area contributed by atoms with Crippen LogP contribution < -0.4 is 0 Å². The van der Waals surface area contributed by atoms with Crippen LogP contribution in [0.25, 0.3) is 0 Å². The maximum Gasteiger partial charge on any atom is 0.150 e. The maximum absolute atomic E-state index is 13.0. The van der Waals surface area contributed by atoms with E-state index in [-0.39, 0.29) is 11.5 Å². The van der Waals surface area contributed by atoms with Gasteiger partial charge in [0.05, 0.1) is 6.04 Å². The van der Waals surface area contributed by atoms with Gasteiger partial charge in [-0.3, -0.25) is 9.69 Å². The fraction of sp³-hybridized carbons (Fsp3) is 0.650. The summed E-state index contributed by atoms with van der Waals surface area (Å²) in [5.41, 5.74) is 1.25. The molecule has 1 fully saturated rings. The van der Waals surface area contributed by atoms with Crippen LogP contribution in [0, 0.1) is 0 Å². The van der Waals surface area contributed by atoms with Crippen molar-refractivity contribution in [2.75, 3.05) is 14.1 Å².